The summed E-state index contributed by atoms with van der Waals surface area (Å²) >= 11 is 0. The Balaban J connectivity index is 1.76. The number of morpholine rings is 1. The summed E-state index contributed by atoms with van der Waals surface area (Å²) in [6.45, 7) is 6.67. The van der Waals surface area contributed by atoms with Gasteiger partial charge in [0.15, 0.2) is 0 Å². The van der Waals surface area contributed by atoms with Crippen molar-refractivity contribution in [1.29, 1.82) is 0 Å². The van der Waals surface area contributed by atoms with Crippen LogP contribution in [0.15, 0.2) is 42.5 Å². The molecule has 0 aliphatic carbocycles. The Kier molecular flexibility index (Phi) is 6.59. The molecule has 1 unspecified atom stereocenters. The highest BCUT2D eigenvalue weighted by molar-refractivity contribution is 5.94. The lowest BCUT2D eigenvalue weighted by Crippen LogP contribution is -2.43. The van der Waals surface area contributed by atoms with E-state index in [-0.39, 0.29) is 11.9 Å². The Morgan fingerprint density at radius 3 is 2.31 bits per heavy atom. The average molecular weight is 406 g/mol. The summed E-state index contributed by atoms with van der Waals surface area (Å²) in [7, 11) is 0. The van der Waals surface area contributed by atoms with Crippen molar-refractivity contribution in [3.8, 4) is 0 Å². The molecule has 2 aromatic carbocycles. The van der Waals surface area contributed by atoms with E-state index in [9.17, 15) is 18.0 Å². The Morgan fingerprint density at radius 1 is 1.07 bits per heavy atom. The summed E-state index contributed by atoms with van der Waals surface area (Å²) in [5.41, 5.74) is 2.77. The number of carbonyl (C=O) groups is 1. The van der Waals surface area contributed by atoms with Crippen molar-refractivity contribution in [3.05, 3.63) is 70.3 Å². The second kappa shape index (κ2) is 8.97. The highest BCUT2D eigenvalue weighted by Gasteiger charge is 2.31. The number of nitrogens with zero attached hydrogens (tertiary/aromatic N) is 1. The van der Waals surface area contributed by atoms with Crippen molar-refractivity contribution in [2.45, 2.75) is 26.1 Å². The SMILES string of the molecule is Cc1ccc(C(=O)NCC(c2ccc(C(F)(F)F)cc2)N2CCOCC2)cc1C. The highest BCUT2D eigenvalue weighted by atomic mass is 19.4. The third-order valence-corrected chi connectivity index (χ3v) is 5.33. The van der Waals surface area contributed by atoms with Gasteiger partial charge in [0.2, 0.25) is 0 Å². The smallest absolute Gasteiger partial charge is 0.379 e. The van der Waals surface area contributed by atoms with Crippen molar-refractivity contribution in [3.63, 3.8) is 0 Å². The number of alkyl halides is 3. The van der Waals surface area contributed by atoms with Gasteiger partial charge in [0.25, 0.3) is 5.91 Å². The minimum absolute atomic E-state index is 0.196. The van der Waals surface area contributed by atoms with Crippen LogP contribution in [0.4, 0.5) is 13.2 Å². The summed E-state index contributed by atoms with van der Waals surface area (Å²) in [5.74, 6) is -0.196. The molecule has 1 heterocycles. The molecule has 7 heteroatoms. The lowest BCUT2D eigenvalue weighted by Gasteiger charge is -2.35. The highest BCUT2D eigenvalue weighted by Crippen LogP contribution is 2.31. The van der Waals surface area contributed by atoms with E-state index in [2.05, 4.69) is 10.2 Å². The molecule has 3 rings (SSSR count). The molecule has 1 aliphatic heterocycles. The van der Waals surface area contributed by atoms with Crippen LogP contribution in [-0.4, -0.2) is 43.7 Å². The van der Waals surface area contributed by atoms with Gasteiger partial charge in [-0.3, -0.25) is 9.69 Å². The van der Waals surface area contributed by atoms with E-state index in [1.165, 1.54) is 12.1 Å². The number of ether oxygens (including phenoxy) is 1. The molecule has 2 aromatic rings. The Bertz CT molecular complexity index is 844. The minimum Gasteiger partial charge on any atom is -0.379 e. The zero-order chi connectivity index (χ0) is 21.0. The van der Waals surface area contributed by atoms with E-state index in [4.69, 9.17) is 4.74 Å². The van der Waals surface area contributed by atoms with Crippen LogP contribution in [0.2, 0.25) is 0 Å². The third kappa shape index (κ3) is 5.36. The van der Waals surface area contributed by atoms with Crippen LogP contribution in [0.5, 0.6) is 0 Å². The van der Waals surface area contributed by atoms with E-state index in [1.54, 1.807) is 6.07 Å². The van der Waals surface area contributed by atoms with E-state index >= 15 is 0 Å². The zero-order valence-electron chi connectivity index (χ0n) is 16.6. The second-order valence-corrected chi connectivity index (χ2v) is 7.29. The molecule has 1 aliphatic rings. The quantitative estimate of drug-likeness (QED) is 0.812. The molecule has 1 fully saturated rings. The molecule has 29 heavy (non-hydrogen) atoms. The van der Waals surface area contributed by atoms with Gasteiger partial charge in [-0.1, -0.05) is 18.2 Å². The molecule has 0 saturated carbocycles. The van der Waals surface area contributed by atoms with Gasteiger partial charge in [0.1, 0.15) is 0 Å². The maximum absolute atomic E-state index is 12.9. The Labute approximate surface area is 168 Å². The first-order valence-electron chi connectivity index (χ1n) is 9.60. The average Bonchev–Trinajstić information content (AvgIpc) is 2.70. The van der Waals surface area contributed by atoms with Crippen molar-refractivity contribution in [2.24, 2.45) is 0 Å². The molecule has 1 amide bonds. The van der Waals surface area contributed by atoms with E-state index in [0.29, 0.717) is 38.4 Å². The maximum Gasteiger partial charge on any atom is 0.416 e. The van der Waals surface area contributed by atoms with E-state index in [0.717, 1.165) is 28.8 Å². The molecule has 1 atom stereocenters. The molecule has 4 nitrogen and oxygen atoms in total. The monoisotopic (exact) mass is 406 g/mol. The van der Waals surface area contributed by atoms with Gasteiger partial charge in [-0.15, -0.1) is 0 Å². The maximum atomic E-state index is 12.9. The van der Waals surface area contributed by atoms with Crippen LogP contribution < -0.4 is 5.32 Å². The summed E-state index contributed by atoms with van der Waals surface area (Å²) in [5, 5.41) is 2.94. The number of nitrogens with one attached hydrogen (secondary N) is 1. The molecule has 0 bridgehead atoms. The van der Waals surface area contributed by atoms with Crippen LogP contribution in [0, 0.1) is 13.8 Å². The number of hydrogen-bond donors (Lipinski definition) is 1. The fourth-order valence-corrected chi connectivity index (χ4v) is 3.42. The number of carbonyl (C=O) groups excluding carboxylic acids is 1. The van der Waals surface area contributed by atoms with Crippen LogP contribution in [0.1, 0.15) is 38.7 Å². The first-order chi connectivity index (χ1) is 13.8. The standard InChI is InChI=1S/C22H25F3N2O2/c1-15-3-4-18(13-16(15)2)21(28)26-14-20(27-9-11-29-12-10-27)17-5-7-19(8-6-17)22(23,24)25/h3-8,13,20H,9-12,14H2,1-2H3,(H,26,28). The lowest BCUT2D eigenvalue weighted by atomic mass is 10.0. The van der Waals surface area contributed by atoms with Gasteiger partial charge in [-0.25, -0.2) is 0 Å². The van der Waals surface area contributed by atoms with Crippen molar-refractivity contribution < 1.29 is 22.7 Å². The summed E-state index contributed by atoms with van der Waals surface area (Å²) < 4.78 is 44.1. The summed E-state index contributed by atoms with van der Waals surface area (Å²) in [6, 6.07) is 10.5. The van der Waals surface area contributed by atoms with Gasteiger partial charge < -0.3 is 10.1 Å². The summed E-state index contributed by atoms with van der Waals surface area (Å²) in [6.07, 6.45) is -4.37. The largest absolute Gasteiger partial charge is 0.416 e. The topological polar surface area (TPSA) is 41.6 Å². The van der Waals surface area contributed by atoms with Gasteiger partial charge in [0.05, 0.1) is 24.8 Å². The van der Waals surface area contributed by atoms with Crippen LogP contribution in [0.3, 0.4) is 0 Å². The van der Waals surface area contributed by atoms with Gasteiger partial charge in [-0.2, -0.15) is 13.2 Å². The van der Waals surface area contributed by atoms with Gasteiger partial charge in [-0.05, 0) is 54.8 Å². The number of benzene rings is 2. The Hall–Kier alpha value is -2.38. The van der Waals surface area contributed by atoms with Crippen LogP contribution in [0.25, 0.3) is 0 Å². The predicted octanol–water partition coefficient (Wildman–Crippen LogP) is 4.13. The molecular weight excluding hydrogens is 381 g/mol. The molecule has 1 N–H and O–H groups in total. The number of rotatable bonds is 5. The molecule has 0 radical (unpaired) electrons. The number of halogens is 3. The number of amides is 1. The van der Waals surface area contributed by atoms with E-state index < -0.39 is 11.7 Å². The van der Waals surface area contributed by atoms with Crippen molar-refractivity contribution in [2.75, 3.05) is 32.8 Å². The second-order valence-electron chi connectivity index (χ2n) is 7.29. The zero-order valence-corrected chi connectivity index (χ0v) is 16.6. The van der Waals surface area contributed by atoms with Crippen molar-refractivity contribution >= 4 is 5.91 Å². The Morgan fingerprint density at radius 2 is 1.72 bits per heavy atom. The van der Waals surface area contributed by atoms with Crippen LogP contribution >= 0.6 is 0 Å². The molecular formula is C22H25F3N2O2. The van der Waals surface area contributed by atoms with E-state index in [1.807, 2.05) is 26.0 Å². The molecule has 0 aromatic heterocycles. The predicted molar refractivity (Wildman–Crippen MR) is 105 cm³/mol. The minimum atomic E-state index is -4.37. The number of hydrogen-bond acceptors (Lipinski definition) is 3. The van der Waals surface area contributed by atoms with Crippen LogP contribution in [-0.2, 0) is 10.9 Å². The fourth-order valence-electron chi connectivity index (χ4n) is 3.42. The molecule has 0 spiro atoms. The third-order valence-electron chi connectivity index (χ3n) is 5.33. The van der Waals surface area contributed by atoms with Gasteiger partial charge in [0, 0.05) is 25.2 Å². The fraction of sp³-hybridized carbons (Fsp3) is 0.409. The van der Waals surface area contributed by atoms with Crippen molar-refractivity contribution in [1.82, 2.24) is 10.2 Å². The first kappa shape index (κ1) is 21.3. The normalized spacial score (nSPS) is 16.4. The lowest BCUT2D eigenvalue weighted by molar-refractivity contribution is -0.137. The first-order valence-corrected chi connectivity index (χ1v) is 9.60. The molecule has 156 valence electrons. The summed E-state index contributed by atoms with van der Waals surface area (Å²) in [4.78, 5) is 14.7. The number of aryl methyl sites for hydroxylation is 2. The molecule has 1 saturated heterocycles. The van der Waals surface area contributed by atoms with Gasteiger partial charge >= 0.3 is 6.18 Å².